The summed E-state index contributed by atoms with van der Waals surface area (Å²) in [6.45, 7) is 4.51. The number of aromatic nitrogens is 2. The number of carbonyl (C=O) groups is 1. The topological polar surface area (TPSA) is 107 Å². The van der Waals surface area contributed by atoms with Crippen LogP contribution in [0.2, 0.25) is 0 Å². The summed E-state index contributed by atoms with van der Waals surface area (Å²) in [6.07, 6.45) is 0.193. The Morgan fingerprint density at radius 2 is 2.00 bits per heavy atom. The van der Waals surface area contributed by atoms with Crippen molar-refractivity contribution >= 4 is 5.78 Å². The molecule has 0 aliphatic rings. The maximum atomic E-state index is 12.3. The summed E-state index contributed by atoms with van der Waals surface area (Å²) >= 11 is 0. The summed E-state index contributed by atoms with van der Waals surface area (Å²) in [7, 11) is 0. The quantitative estimate of drug-likeness (QED) is 0.428. The van der Waals surface area contributed by atoms with Crippen molar-refractivity contribution in [3.8, 4) is 5.75 Å². The molecule has 0 aliphatic heterocycles. The van der Waals surface area contributed by atoms with Crippen molar-refractivity contribution < 1.29 is 14.6 Å². The zero-order chi connectivity index (χ0) is 16.8. The van der Waals surface area contributed by atoms with E-state index in [1.54, 1.807) is 31.2 Å². The zero-order valence-electron chi connectivity index (χ0n) is 13.2. The number of imidazole rings is 1. The Hall–Kier alpha value is -2.38. The molecular formula is C16H21N3O4. The average Bonchev–Trinajstić information content (AvgIpc) is 2.89. The summed E-state index contributed by atoms with van der Waals surface area (Å²) in [5.41, 5.74) is 0.799. The molecule has 0 saturated heterocycles. The molecule has 1 aromatic carbocycles. The number of ether oxygens (including phenoxy) is 1. The van der Waals surface area contributed by atoms with E-state index in [9.17, 15) is 14.7 Å². The van der Waals surface area contributed by atoms with Gasteiger partial charge in [0.2, 0.25) is 5.78 Å². The number of ketones is 1. The van der Waals surface area contributed by atoms with Crippen LogP contribution in [0.15, 0.2) is 29.1 Å². The van der Waals surface area contributed by atoms with Crippen molar-refractivity contribution in [3.63, 3.8) is 0 Å². The van der Waals surface area contributed by atoms with Gasteiger partial charge in [-0.3, -0.25) is 10.1 Å². The highest BCUT2D eigenvalue weighted by Crippen LogP contribution is 2.15. The van der Waals surface area contributed by atoms with Gasteiger partial charge in [0.05, 0.1) is 0 Å². The van der Waals surface area contributed by atoms with Gasteiger partial charge in [-0.2, -0.15) is 0 Å². The van der Waals surface area contributed by atoms with Crippen LogP contribution in [-0.4, -0.2) is 40.2 Å². The van der Waals surface area contributed by atoms with E-state index in [1.807, 2.05) is 6.92 Å². The SMILES string of the molecule is CCCNC(O)COc1ccc(C(=O)c2[nH]c(=O)[nH]c2C)cc1. The molecule has 23 heavy (non-hydrogen) atoms. The van der Waals surface area contributed by atoms with E-state index in [-0.39, 0.29) is 18.1 Å². The fourth-order valence-corrected chi connectivity index (χ4v) is 2.09. The van der Waals surface area contributed by atoms with Gasteiger partial charge in [-0.05, 0) is 44.2 Å². The van der Waals surface area contributed by atoms with Gasteiger partial charge >= 0.3 is 5.69 Å². The van der Waals surface area contributed by atoms with E-state index in [1.165, 1.54) is 0 Å². The summed E-state index contributed by atoms with van der Waals surface area (Å²) in [5.74, 6) is 0.287. The van der Waals surface area contributed by atoms with Crippen LogP contribution in [0.3, 0.4) is 0 Å². The maximum absolute atomic E-state index is 12.3. The number of H-pyrrole nitrogens is 2. The number of hydrogen-bond donors (Lipinski definition) is 4. The minimum Gasteiger partial charge on any atom is -0.489 e. The number of carbonyl (C=O) groups excluding carboxylic acids is 1. The smallest absolute Gasteiger partial charge is 0.323 e. The molecule has 0 bridgehead atoms. The number of aliphatic hydroxyl groups excluding tert-OH is 1. The van der Waals surface area contributed by atoms with E-state index < -0.39 is 11.9 Å². The Morgan fingerprint density at radius 3 is 2.57 bits per heavy atom. The molecule has 1 heterocycles. The minimum atomic E-state index is -0.733. The highest BCUT2D eigenvalue weighted by Gasteiger charge is 2.14. The number of aliphatic hydroxyl groups is 1. The maximum Gasteiger partial charge on any atom is 0.323 e. The van der Waals surface area contributed by atoms with E-state index >= 15 is 0 Å². The number of benzene rings is 1. The second-order valence-electron chi connectivity index (χ2n) is 5.21. The first-order valence-corrected chi connectivity index (χ1v) is 7.49. The van der Waals surface area contributed by atoms with Gasteiger partial charge in [0.1, 0.15) is 24.3 Å². The molecule has 1 aromatic heterocycles. The predicted octanol–water partition coefficient (Wildman–Crippen LogP) is 0.939. The summed E-state index contributed by atoms with van der Waals surface area (Å²) < 4.78 is 5.45. The second kappa shape index (κ2) is 7.75. The van der Waals surface area contributed by atoms with Crippen LogP contribution in [-0.2, 0) is 0 Å². The molecule has 0 saturated carbocycles. The summed E-state index contributed by atoms with van der Waals surface area (Å²) in [5, 5.41) is 12.5. The van der Waals surface area contributed by atoms with Crippen molar-refractivity contribution in [2.45, 2.75) is 26.5 Å². The molecule has 124 valence electrons. The van der Waals surface area contributed by atoms with Crippen LogP contribution >= 0.6 is 0 Å². The Balaban J connectivity index is 1.98. The Kier molecular flexibility index (Phi) is 5.72. The molecule has 7 heteroatoms. The zero-order valence-corrected chi connectivity index (χ0v) is 13.2. The Labute approximate surface area is 133 Å². The molecule has 4 N–H and O–H groups in total. The van der Waals surface area contributed by atoms with Crippen molar-refractivity contribution in [2.75, 3.05) is 13.2 Å². The molecule has 2 aromatic rings. The summed E-state index contributed by atoms with van der Waals surface area (Å²) in [4.78, 5) is 28.5. The number of aromatic amines is 2. The fraction of sp³-hybridized carbons (Fsp3) is 0.375. The normalized spacial score (nSPS) is 12.1. The first kappa shape index (κ1) is 17.0. The molecule has 0 radical (unpaired) electrons. The second-order valence-corrected chi connectivity index (χ2v) is 5.21. The first-order chi connectivity index (χ1) is 11.0. The lowest BCUT2D eigenvalue weighted by atomic mass is 10.1. The lowest BCUT2D eigenvalue weighted by Gasteiger charge is -2.13. The molecule has 0 spiro atoms. The monoisotopic (exact) mass is 319 g/mol. The van der Waals surface area contributed by atoms with Crippen molar-refractivity contribution in [3.05, 3.63) is 51.7 Å². The third kappa shape index (κ3) is 4.54. The molecule has 0 amide bonds. The number of rotatable bonds is 8. The van der Waals surface area contributed by atoms with Crippen molar-refractivity contribution in [1.82, 2.24) is 15.3 Å². The van der Waals surface area contributed by atoms with Gasteiger partial charge < -0.3 is 19.8 Å². The van der Waals surface area contributed by atoms with E-state index in [0.29, 0.717) is 23.6 Å². The van der Waals surface area contributed by atoms with Crippen LogP contribution in [0.4, 0.5) is 0 Å². The lowest BCUT2D eigenvalue weighted by molar-refractivity contribution is 0.0792. The molecule has 1 unspecified atom stereocenters. The standard InChI is InChI=1S/C16H21N3O4/c1-3-8-17-13(20)9-23-12-6-4-11(5-7-12)15(21)14-10(2)18-16(22)19-14/h4-7,13,17,20H,3,8-9H2,1-2H3,(H2,18,19,22). The van der Waals surface area contributed by atoms with Gasteiger partial charge in [-0.15, -0.1) is 0 Å². The fourth-order valence-electron chi connectivity index (χ4n) is 2.09. The molecule has 7 nitrogen and oxygen atoms in total. The third-order valence-corrected chi connectivity index (χ3v) is 3.30. The Bertz CT molecular complexity index is 703. The van der Waals surface area contributed by atoms with Gasteiger partial charge in [0, 0.05) is 11.3 Å². The molecule has 0 fully saturated rings. The van der Waals surface area contributed by atoms with Crippen LogP contribution in [0.1, 0.15) is 35.1 Å². The minimum absolute atomic E-state index is 0.123. The molecule has 1 atom stereocenters. The molecule has 0 aliphatic carbocycles. The number of hydrogen-bond acceptors (Lipinski definition) is 5. The van der Waals surface area contributed by atoms with Gasteiger partial charge in [-0.1, -0.05) is 6.92 Å². The van der Waals surface area contributed by atoms with E-state index in [0.717, 1.165) is 6.42 Å². The van der Waals surface area contributed by atoms with Gasteiger partial charge in [-0.25, -0.2) is 4.79 Å². The van der Waals surface area contributed by atoms with Gasteiger partial charge in [0.25, 0.3) is 0 Å². The highest BCUT2D eigenvalue weighted by atomic mass is 16.5. The van der Waals surface area contributed by atoms with E-state index in [4.69, 9.17) is 4.74 Å². The number of nitrogens with one attached hydrogen (secondary N) is 3. The molecular weight excluding hydrogens is 298 g/mol. The van der Waals surface area contributed by atoms with Crippen LogP contribution in [0, 0.1) is 6.92 Å². The number of aryl methyl sites for hydroxylation is 1. The third-order valence-electron chi connectivity index (χ3n) is 3.30. The highest BCUT2D eigenvalue weighted by molar-refractivity contribution is 6.08. The summed E-state index contributed by atoms with van der Waals surface area (Å²) in [6, 6.07) is 6.54. The van der Waals surface area contributed by atoms with Gasteiger partial charge in [0.15, 0.2) is 0 Å². The van der Waals surface area contributed by atoms with Crippen LogP contribution < -0.4 is 15.7 Å². The first-order valence-electron chi connectivity index (χ1n) is 7.49. The average molecular weight is 319 g/mol. The molecule has 2 rings (SSSR count). The van der Waals surface area contributed by atoms with Crippen molar-refractivity contribution in [2.24, 2.45) is 0 Å². The van der Waals surface area contributed by atoms with Crippen molar-refractivity contribution in [1.29, 1.82) is 0 Å². The predicted molar refractivity (Wildman–Crippen MR) is 85.8 cm³/mol. The Morgan fingerprint density at radius 1 is 1.30 bits per heavy atom. The van der Waals surface area contributed by atoms with Crippen LogP contribution in [0.25, 0.3) is 0 Å². The lowest BCUT2D eigenvalue weighted by Crippen LogP contribution is -2.34. The van der Waals surface area contributed by atoms with Crippen LogP contribution in [0.5, 0.6) is 5.75 Å². The van der Waals surface area contributed by atoms with E-state index in [2.05, 4.69) is 15.3 Å². The largest absolute Gasteiger partial charge is 0.489 e.